The summed E-state index contributed by atoms with van der Waals surface area (Å²) in [5.41, 5.74) is 1.10. The van der Waals surface area contributed by atoms with E-state index in [0.717, 1.165) is 11.1 Å². The fourth-order valence-corrected chi connectivity index (χ4v) is 4.90. The van der Waals surface area contributed by atoms with Gasteiger partial charge in [-0.25, -0.2) is 26.9 Å². The number of aliphatic hydroxyl groups is 1. The molecule has 14 heteroatoms. The van der Waals surface area contributed by atoms with E-state index < -0.39 is 53.0 Å². The fourth-order valence-electron chi connectivity index (χ4n) is 4.59. The number of amides is 1. The third-order valence-electron chi connectivity index (χ3n) is 6.89. The van der Waals surface area contributed by atoms with Crippen molar-refractivity contribution in [1.82, 2.24) is 14.9 Å². The van der Waals surface area contributed by atoms with E-state index in [2.05, 4.69) is 10.3 Å². The molecule has 1 aliphatic heterocycles. The number of hydrogen-bond donors (Lipinski definition) is 2. The Morgan fingerprint density at radius 1 is 0.884 bits per heavy atom. The molecule has 1 amide bonds. The Morgan fingerprint density at radius 3 is 2.05 bits per heavy atom. The summed E-state index contributed by atoms with van der Waals surface area (Å²) < 4.78 is 82.4. The number of nitrogens with zero attached hydrogens (tertiary/aromatic N) is 2. The van der Waals surface area contributed by atoms with E-state index in [0.29, 0.717) is 24.1 Å². The maximum Gasteiger partial charge on any atom is 0.257 e. The lowest BCUT2D eigenvalue weighted by Gasteiger charge is -2.36. The molecule has 3 atom stereocenters. The van der Waals surface area contributed by atoms with E-state index in [1.807, 2.05) is 12.1 Å². The number of aliphatic hydroxyl groups excluding tert-OH is 1. The Labute approximate surface area is 251 Å². The first kappa shape index (κ1) is 30.9. The average Bonchev–Trinajstić information content (AvgIpc) is 3.34. The number of aromatic nitrogens is 2. The standard InChI is InChI=1S/C29H22Cl2F5N3O4/c30-26-27(31)39(13-38-26)11-18-9-19(16-5-3-15(12-40)4-6-16)43-29(42-18)17-7-1-14(2-8-17)10-37-28(41)20-21(32)23(34)25(36)24(35)22(20)33/h1-8,13,18-19,29,40H,9-12H2,(H,37,41). The zero-order valence-corrected chi connectivity index (χ0v) is 23.5. The molecule has 4 aromatic rings. The molecule has 2 heterocycles. The number of benzene rings is 3. The van der Waals surface area contributed by atoms with Crippen LogP contribution < -0.4 is 5.32 Å². The fraction of sp³-hybridized carbons (Fsp3) is 0.241. The summed E-state index contributed by atoms with van der Waals surface area (Å²) in [4.78, 5) is 16.3. The Hall–Kier alpha value is -3.55. The van der Waals surface area contributed by atoms with Crippen LogP contribution in [0, 0.1) is 29.1 Å². The molecule has 1 aromatic heterocycles. The summed E-state index contributed by atoms with van der Waals surface area (Å²) in [5.74, 6) is -12.7. The van der Waals surface area contributed by atoms with E-state index in [1.165, 1.54) is 6.33 Å². The molecule has 0 saturated carbocycles. The van der Waals surface area contributed by atoms with Gasteiger partial charge in [-0.3, -0.25) is 4.79 Å². The van der Waals surface area contributed by atoms with Gasteiger partial charge in [0.2, 0.25) is 5.82 Å². The average molecular weight is 642 g/mol. The highest BCUT2D eigenvalue weighted by atomic mass is 35.5. The van der Waals surface area contributed by atoms with Crippen LogP contribution in [0.5, 0.6) is 0 Å². The number of carbonyl (C=O) groups is 1. The lowest BCUT2D eigenvalue weighted by atomic mass is 10.00. The van der Waals surface area contributed by atoms with Crippen molar-refractivity contribution in [1.29, 1.82) is 0 Å². The lowest BCUT2D eigenvalue weighted by molar-refractivity contribution is -0.252. The van der Waals surface area contributed by atoms with Gasteiger partial charge in [-0.05, 0) is 16.7 Å². The normalized spacial score (nSPS) is 18.6. The van der Waals surface area contributed by atoms with Crippen molar-refractivity contribution in [2.24, 2.45) is 0 Å². The van der Waals surface area contributed by atoms with Crippen LogP contribution in [0.3, 0.4) is 0 Å². The monoisotopic (exact) mass is 641 g/mol. The summed E-state index contributed by atoms with van der Waals surface area (Å²) in [7, 11) is 0. The van der Waals surface area contributed by atoms with Crippen LogP contribution in [-0.2, 0) is 29.2 Å². The minimum Gasteiger partial charge on any atom is -0.392 e. The molecule has 0 spiro atoms. The second-order valence-electron chi connectivity index (χ2n) is 9.70. The first-order valence-electron chi connectivity index (χ1n) is 12.8. The topological polar surface area (TPSA) is 85.6 Å². The molecule has 0 aliphatic carbocycles. The van der Waals surface area contributed by atoms with Crippen LogP contribution in [0.2, 0.25) is 10.3 Å². The molecule has 5 rings (SSSR count). The molecule has 1 aliphatic rings. The molecule has 1 fully saturated rings. The molecule has 226 valence electrons. The van der Waals surface area contributed by atoms with Crippen LogP contribution in [0.15, 0.2) is 54.9 Å². The summed E-state index contributed by atoms with van der Waals surface area (Å²) in [6.07, 6.45) is 0.344. The van der Waals surface area contributed by atoms with E-state index in [1.54, 1.807) is 41.0 Å². The second-order valence-corrected chi connectivity index (χ2v) is 10.4. The van der Waals surface area contributed by atoms with Crippen LogP contribution in [0.4, 0.5) is 22.0 Å². The van der Waals surface area contributed by atoms with Gasteiger partial charge in [-0.1, -0.05) is 71.7 Å². The second kappa shape index (κ2) is 13.0. The van der Waals surface area contributed by atoms with Crippen molar-refractivity contribution in [2.75, 3.05) is 0 Å². The lowest BCUT2D eigenvalue weighted by Crippen LogP contribution is -2.32. The van der Waals surface area contributed by atoms with Crippen molar-refractivity contribution in [3.05, 3.63) is 122 Å². The van der Waals surface area contributed by atoms with Gasteiger partial charge in [-0.2, -0.15) is 0 Å². The van der Waals surface area contributed by atoms with E-state index in [4.69, 9.17) is 32.7 Å². The van der Waals surface area contributed by atoms with Gasteiger partial charge in [-0.15, -0.1) is 0 Å². The van der Waals surface area contributed by atoms with Gasteiger partial charge < -0.3 is 24.5 Å². The molecule has 3 aromatic carbocycles. The van der Waals surface area contributed by atoms with Gasteiger partial charge in [0.15, 0.2) is 34.7 Å². The van der Waals surface area contributed by atoms with E-state index in [9.17, 15) is 31.9 Å². The van der Waals surface area contributed by atoms with Crippen molar-refractivity contribution >= 4 is 29.1 Å². The van der Waals surface area contributed by atoms with Gasteiger partial charge in [0.05, 0.1) is 31.7 Å². The van der Waals surface area contributed by atoms with Gasteiger partial charge in [0, 0.05) is 18.5 Å². The molecule has 43 heavy (non-hydrogen) atoms. The third kappa shape index (κ3) is 6.53. The number of nitrogens with one attached hydrogen (secondary N) is 1. The number of carbonyl (C=O) groups excluding carboxylic acids is 1. The Morgan fingerprint density at radius 2 is 1.47 bits per heavy atom. The first-order chi connectivity index (χ1) is 20.6. The molecule has 7 nitrogen and oxygen atoms in total. The maximum atomic E-state index is 14.0. The van der Waals surface area contributed by atoms with Crippen LogP contribution in [0.1, 0.15) is 51.4 Å². The van der Waals surface area contributed by atoms with E-state index >= 15 is 0 Å². The van der Waals surface area contributed by atoms with Crippen molar-refractivity contribution in [3.8, 4) is 0 Å². The number of halogens is 7. The van der Waals surface area contributed by atoms with Crippen LogP contribution >= 0.6 is 23.2 Å². The minimum absolute atomic E-state index is 0.103. The first-order valence-corrected chi connectivity index (χ1v) is 13.6. The van der Waals surface area contributed by atoms with Crippen molar-refractivity contribution in [2.45, 2.75) is 44.6 Å². The minimum atomic E-state index is -2.35. The zero-order valence-electron chi connectivity index (χ0n) is 22.0. The Balaban J connectivity index is 1.31. The molecule has 0 radical (unpaired) electrons. The SMILES string of the molecule is O=C(NCc1ccc(C2OC(Cn3cnc(Cl)c3Cl)CC(c3ccc(CO)cc3)O2)cc1)c1c(F)c(F)c(F)c(F)c1F. The van der Waals surface area contributed by atoms with Gasteiger partial charge >= 0.3 is 0 Å². The highest BCUT2D eigenvalue weighted by Gasteiger charge is 2.33. The smallest absolute Gasteiger partial charge is 0.257 e. The predicted octanol–water partition coefficient (Wildman–Crippen LogP) is 6.55. The van der Waals surface area contributed by atoms with Gasteiger partial charge in [0.25, 0.3) is 5.91 Å². The van der Waals surface area contributed by atoms with Crippen molar-refractivity contribution in [3.63, 3.8) is 0 Å². The predicted molar refractivity (Wildman–Crippen MR) is 145 cm³/mol. The highest BCUT2D eigenvalue weighted by molar-refractivity contribution is 6.40. The number of ether oxygens (including phenoxy) is 2. The summed E-state index contributed by atoms with van der Waals surface area (Å²) in [5, 5.41) is 12.0. The summed E-state index contributed by atoms with van der Waals surface area (Å²) >= 11 is 12.2. The molecular formula is C29H22Cl2F5N3O4. The third-order valence-corrected chi connectivity index (χ3v) is 7.66. The Kier molecular flexibility index (Phi) is 9.33. The number of imidazole rings is 1. The van der Waals surface area contributed by atoms with E-state index in [-0.39, 0.29) is 29.6 Å². The molecule has 3 unspecified atom stereocenters. The van der Waals surface area contributed by atoms with Crippen LogP contribution in [-0.4, -0.2) is 26.7 Å². The van der Waals surface area contributed by atoms with Crippen molar-refractivity contribution < 1.29 is 41.3 Å². The zero-order chi connectivity index (χ0) is 30.8. The summed E-state index contributed by atoms with van der Waals surface area (Å²) in [6, 6.07) is 13.8. The summed E-state index contributed by atoms with van der Waals surface area (Å²) in [6.45, 7) is -0.0484. The largest absolute Gasteiger partial charge is 0.392 e. The highest BCUT2D eigenvalue weighted by Crippen LogP contribution is 2.39. The van der Waals surface area contributed by atoms with Crippen LogP contribution in [0.25, 0.3) is 0 Å². The Bertz CT molecular complexity index is 1610. The molecule has 0 bridgehead atoms. The molecular weight excluding hydrogens is 620 g/mol. The number of rotatable bonds is 8. The quantitative estimate of drug-likeness (QED) is 0.129. The number of hydrogen-bond acceptors (Lipinski definition) is 5. The van der Waals surface area contributed by atoms with Gasteiger partial charge in [0.1, 0.15) is 10.7 Å². The molecule has 1 saturated heterocycles. The molecule has 2 N–H and O–H groups in total. The maximum absolute atomic E-state index is 14.0.